The van der Waals surface area contributed by atoms with Crippen molar-refractivity contribution in [3.63, 3.8) is 0 Å². The van der Waals surface area contributed by atoms with Gasteiger partial charge in [-0.15, -0.1) is 11.3 Å². The van der Waals surface area contributed by atoms with Gasteiger partial charge in [0.1, 0.15) is 5.52 Å². The Balaban J connectivity index is 1.85. The van der Waals surface area contributed by atoms with E-state index in [2.05, 4.69) is 14.9 Å². The maximum Gasteiger partial charge on any atom is 0.289 e. The molecule has 0 bridgehead atoms. The van der Waals surface area contributed by atoms with Crippen LogP contribution in [0.5, 0.6) is 0 Å². The molecular formula is C24H26N6O3S2. The van der Waals surface area contributed by atoms with Crippen molar-refractivity contribution >= 4 is 66.6 Å². The molecule has 0 aliphatic heterocycles. The fraction of sp³-hybridized carbons (Fsp3) is 0.375. The zero-order valence-corrected chi connectivity index (χ0v) is 21.4. The molecule has 0 atom stereocenters. The van der Waals surface area contributed by atoms with Gasteiger partial charge in [-0.1, -0.05) is 36.7 Å². The summed E-state index contributed by atoms with van der Waals surface area (Å²) in [4.78, 5) is 53.0. The van der Waals surface area contributed by atoms with Gasteiger partial charge in [0, 0.05) is 27.2 Å². The van der Waals surface area contributed by atoms with Gasteiger partial charge in [0.05, 0.1) is 26.3 Å². The number of rotatable bonds is 4. The van der Waals surface area contributed by atoms with Crippen LogP contribution in [-0.4, -0.2) is 58.4 Å². The van der Waals surface area contributed by atoms with E-state index in [4.69, 9.17) is 5.73 Å². The summed E-state index contributed by atoms with van der Waals surface area (Å²) in [5, 5.41) is 2.10. The van der Waals surface area contributed by atoms with Crippen LogP contribution in [0.15, 0.2) is 28.4 Å². The normalized spacial score (nSPS) is 14.5. The van der Waals surface area contributed by atoms with Crippen LogP contribution in [0.1, 0.15) is 52.3 Å². The molecule has 0 unspecified atom stereocenters. The van der Waals surface area contributed by atoms with Crippen molar-refractivity contribution in [1.82, 2.24) is 19.4 Å². The number of thiazole rings is 1. The maximum absolute atomic E-state index is 13.6. The number of hydrogen-bond acceptors (Lipinski definition) is 9. The van der Waals surface area contributed by atoms with E-state index in [9.17, 15) is 14.4 Å². The number of nitrogen functional groups attached to an aromatic ring is 1. The Bertz CT molecular complexity index is 1500. The number of hydrogen-bond donors (Lipinski definition) is 1. The lowest BCUT2D eigenvalue weighted by atomic mass is 9.94. The van der Waals surface area contributed by atoms with Gasteiger partial charge in [-0.05, 0) is 30.4 Å². The first kappa shape index (κ1) is 23.4. The quantitative estimate of drug-likeness (QED) is 0.444. The molecule has 182 valence electrons. The van der Waals surface area contributed by atoms with Crippen LogP contribution < -0.4 is 16.2 Å². The molecule has 35 heavy (non-hydrogen) atoms. The topological polar surface area (TPSA) is 114 Å². The smallest absolute Gasteiger partial charge is 0.289 e. The van der Waals surface area contributed by atoms with E-state index in [1.807, 2.05) is 13.1 Å². The van der Waals surface area contributed by atoms with E-state index < -0.39 is 17.4 Å². The predicted octanol–water partition coefficient (Wildman–Crippen LogP) is 3.81. The van der Waals surface area contributed by atoms with Gasteiger partial charge in [-0.25, -0.2) is 14.5 Å². The minimum Gasteiger partial charge on any atom is -0.375 e. The van der Waals surface area contributed by atoms with E-state index in [0.29, 0.717) is 37.3 Å². The van der Waals surface area contributed by atoms with Crippen LogP contribution in [0.3, 0.4) is 0 Å². The lowest BCUT2D eigenvalue weighted by Crippen LogP contribution is -2.37. The number of nitrogens with two attached hydrogens (primary N) is 1. The van der Waals surface area contributed by atoms with Gasteiger partial charge >= 0.3 is 0 Å². The van der Waals surface area contributed by atoms with Gasteiger partial charge in [0.25, 0.3) is 17.4 Å². The fourth-order valence-electron chi connectivity index (χ4n) is 4.72. The van der Waals surface area contributed by atoms with Gasteiger partial charge in [-0.3, -0.25) is 14.4 Å². The highest BCUT2D eigenvalue weighted by molar-refractivity contribution is 7.23. The van der Waals surface area contributed by atoms with E-state index >= 15 is 0 Å². The third-order valence-corrected chi connectivity index (χ3v) is 8.27. The summed E-state index contributed by atoms with van der Waals surface area (Å²) < 4.78 is 1.67. The maximum atomic E-state index is 13.6. The first-order valence-electron chi connectivity index (χ1n) is 11.5. The van der Waals surface area contributed by atoms with Crippen molar-refractivity contribution in [2.75, 3.05) is 31.8 Å². The summed E-state index contributed by atoms with van der Waals surface area (Å²) in [6.07, 6.45) is 5.71. The molecule has 0 saturated heterocycles. The molecule has 0 radical (unpaired) electrons. The number of carbonyl (C=O) groups is 2. The molecule has 1 aliphatic rings. The number of anilines is 2. The minimum absolute atomic E-state index is 0.296. The molecule has 3 heterocycles. The number of amides is 1. The van der Waals surface area contributed by atoms with Crippen LogP contribution in [0.2, 0.25) is 0 Å². The van der Waals surface area contributed by atoms with E-state index in [1.54, 1.807) is 31.6 Å². The molecule has 0 spiro atoms. The summed E-state index contributed by atoms with van der Waals surface area (Å²) in [6, 6.07) is 5.57. The third-order valence-electron chi connectivity index (χ3n) is 6.53. The van der Waals surface area contributed by atoms with Crippen LogP contribution in [-0.2, 0) is 0 Å². The van der Waals surface area contributed by atoms with Crippen LogP contribution in [0.25, 0.3) is 21.3 Å². The van der Waals surface area contributed by atoms with Gasteiger partial charge in [0.15, 0.2) is 10.8 Å². The summed E-state index contributed by atoms with van der Waals surface area (Å²) in [5.41, 5.74) is 7.27. The Hall–Kier alpha value is -3.31. The Labute approximate surface area is 209 Å². The second kappa shape index (κ2) is 9.04. The van der Waals surface area contributed by atoms with Crippen LogP contribution >= 0.6 is 22.7 Å². The lowest BCUT2D eigenvalue weighted by molar-refractivity contribution is 0.0819. The van der Waals surface area contributed by atoms with Gasteiger partial charge in [0.2, 0.25) is 0 Å². The molecule has 1 amide bonds. The molecule has 9 nitrogen and oxygen atoms in total. The molecule has 2 N–H and O–H groups in total. The Kier molecular flexibility index (Phi) is 6.06. The second-order valence-corrected chi connectivity index (χ2v) is 11.0. The number of nitrogens with zero attached hydrogens (tertiary/aromatic N) is 5. The minimum atomic E-state index is -0.753. The summed E-state index contributed by atoms with van der Waals surface area (Å²) in [7, 11) is 5.13. The molecule has 1 saturated carbocycles. The average Bonchev–Trinajstić information content (AvgIpc) is 3.52. The standard InChI is InChI=1S/C24H26N6O3S2/c1-28(2)22(32)18-23(33)30(21(31)16-10-7-11-34-16)19-14(26-18)12-15(17-20(19)35-24(25)27-17)29(3)13-8-5-4-6-9-13/h7,10-13H,4-6,8-9H2,1-3H3,(H2,25,27). The zero-order valence-electron chi connectivity index (χ0n) is 19.8. The van der Waals surface area contributed by atoms with Crippen molar-refractivity contribution in [1.29, 1.82) is 0 Å². The van der Waals surface area contributed by atoms with Crippen molar-refractivity contribution in [2.45, 2.75) is 38.1 Å². The van der Waals surface area contributed by atoms with Crippen molar-refractivity contribution in [2.24, 2.45) is 0 Å². The van der Waals surface area contributed by atoms with Crippen molar-refractivity contribution < 1.29 is 9.59 Å². The Morgan fingerprint density at radius 1 is 1.14 bits per heavy atom. The third kappa shape index (κ3) is 3.98. The van der Waals surface area contributed by atoms with E-state index in [-0.39, 0.29) is 5.69 Å². The number of aromatic nitrogens is 3. The molecule has 1 aromatic carbocycles. The molecule has 11 heteroatoms. The molecule has 5 rings (SSSR count). The van der Waals surface area contributed by atoms with Gasteiger partial charge in [-0.2, -0.15) is 0 Å². The largest absolute Gasteiger partial charge is 0.375 e. The van der Waals surface area contributed by atoms with Crippen molar-refractivity contribution in [3.8, 4) is 0 Å². The average molecular weight is 511 g/mol. The first-order valence-corrected chi connectivity index (χ1v) is 13.2. The molecule has 4 aromatic rings. The molecule has 1 aliphatic carbocycles. The monoisotopic (exact) mass is 510 g/mol. The van der Waals surface area contributed by atoms with E-state index in [0.717, 1.165) is 23.1 Å². The number of carbonyl (C=O) groups excluding carboxylic acids is 2. The lowest BCUT2D eigenvalue weighted by Gasteiger charge is -2.33. The first-order chi connectivity index (χ1) is 16.8. The van der Waals surface area contributed by atoms with Crippen LogP contribution in [0, 0.1) is 0 Å². The highest BCUT2D eigenvalue weighted by Gasteiger charge is 2.28. The number of thiophene rings is 1. The summed E-state index contributed by atoms with van der Waals surface area (Å²) in [6.45, 7) is 0. The number of fused-ring (bicyclic) bond motifs is 3. The Morgan fingerprint density at radius 2 is 1.89 bits per heavy atom. The molecule has 3 aromatic heterocycles. The van der Waals surface area contributed by atoms with Crippen molar-refractivity contribution in [3.05, 3.63) is 44.5 Å². The Morgan fingerprint density at radius 3 is 2.54 bits per heavy atom. The molecule has 1 fully saturated rings. The zero-order chi connectivity index (χ0) is 24.9. The SMILES string of the molecule is CN(C)C(=O)c1nc2cc(N(C)C3CCCCC3)c3nc(N)sc3c2n(C(=O)c2cccs2)c1=O. The predicted molar refractivity (Wildman–Crippen MR) is 141 cm³/mol. The summed E-state index contributed by atoms with van der Waals surface area (Å²) >= 11 is 2.44. The highest BCUT2D eigenvalue weighted by Crippen LogP contribution is 2.39. The highest BCUT2D eigenvalue weighted by atomic mass is 32.1. The van der Waals surface area contributed by atoms with E-state index in [1.165, 1.54) is 46.8 Å². The summed E-state index contributed by atoms with van der Waals surface area (Å²) in [5.74, 6) is -1.07. The molecular weight excluding hydrogens is 484 g/mol. The second-order valence-electron chi connectivity index (χ2n) is 8.98. The fourth-order valence-corrected chi connectivity index (χ4v) is 6.26. The van der Waals surface area contributed by atoms with Gasteiger partial charge < -0.3 is 15.5 Å². The van der Waals surface area contributed by atoms with Crippen LogP contribution in [0.4, 0.5) is 10.8 Å². The number of benzene rings is 1.